The smallest absolute Gasteiger partial charge is 0.298 e. The summed E-state index contributed by atoms with van der Waals surface area (Å²) in [5.74, 6) is -2.10. The van der Waals surface area contributed by atoms with Crippen molar-refractivity contribution in [3.05, 3.63) is 30.1 Å². The predicted molar refractivity (Wildman–Crippen MR) is 126 cm³/mol. The SMILES string of the molecule is C[C@H]1CN(Cc2ccn3ncc(N4CCC(=O)NC4=O)c3c2)CCN1CC1CC2(C1)CC(F)(F)C2. The Morgan fingerprint density at radius 2 is 1.97 bits per heavy atom. The molecule has 188 valence electrons. The number of hydrogen-bond donors (Lipinski definition) is 1. The first kappa shape index (κ1) is 22.8. The topological polar surface area (TPSA) is 73.2 Å². The Kier molecular flexibility index (Phi) is 5.37. The molecule has 4 fully saturated rings. The van der Waals surface area contributed by atoms with Crippen LogP contribution in [0.1, 0.15) is 44.6 Å². The summed E-state index contributed by atoms with van der Waals surface area (Å²) in [6.45, 7) is 7.35. The number of piperazine rings is 1. The first-order valence-electron chi connectivity index (χ1n) is 12.6. The number of aromatic nitrogens is 2. The van der Waals surface area contributed by atoms with E-state index in [4.69, 9.17) is 0 Å². The summed E-state index contributed by atoms with van der Waals surface area (Å²) < 4.78 is 28.3. The highest BCUT2D eigenvalue weighted by molar-refractivity contribution is 6.07. The number of halogens is 2. The van der Waals surface area contributed by atoms with Crippen molar-refractivity contribution in [2.75, 3.05) is 37.6 Å². The van der Waals surface area contributed by atoms with E-state index in [1.165, 1.54) is 0 Å². The van der Waals surface area contributed by atoms with E-state index in [0.29, 0.717) is 24.2 Å². The van der Waals surface area contributed by atoms with Crippen LogP contribution in [0.3, 0.4) is 0 Å². The van der Waals surface area contributed by atoms with Crippen molar-refractivity contribution >= 4 is 23.1 Å². The standard InChI is InChI=1S/C25H32F2N6O2/c1-17-12-30(6-7-31(17)14-19-9-24(10-19)15-25(26,27)16-24)13-18-2-5-33-20(8-18)21(11-28-33)32-4-3-22(34)29-23(32)35/h2,5,8,11,17,19H,3-4,6-7,9-10,12-16H2,1H3,(H,29,34,35)/t17-/m0/s1. The summed E-state index contributed by atoms with van der Waals surface area (Å²) in [6, 6.07) is 4.15. The normalized spacial score (nSPS) is 27.2. The molecule has 4 heterocycles. The molecule has 1 atom stereocenters. The molecule has 2 saturated carbocycles. The van der Waals surface area contributed by atoms with Gasteiger partial charge in [-0.3, -0.25) is 24.8 Å². The first-order chi connectivity index (χ1) is 16.7. The molecule has 4 aliphatic rings. The average Bonchev–Trinajstić information content (AvgIpc) is 3.16. The van der Waals surface area contributed by atoms with Crippen LogP contribution < -0.4 is 10.2 Å². The Hall–Kier alpha value is -2.59. The molecule has 35 heavy (non-hydrogen) atoms. The van der Waals surface area contributed by atoms with Crippen LogP contribution in [0.4, 0.5) is 19.3 Å². The van der Waals surface area contributed by atoms with Gasteiger partial charge in [-0.2, -0.15) is 5.10 Å². The van der Waals surface area contributed by atoms with Gasteiger partial charge in [0.15, 0.2) is 0 Å². The second-order valence-electron chi connectivity index (χ2n) is 11.2. The monoisotopic (exact) mass is 486 g/mol. The number of hydrogen-bond acceptors (Lipinski definition) is 5. The molecule has 6 rings (SSSR count). The number of nitrogens with one attached hydrogen (secondary N) is 1. The highest BCUT2D eigenvalue weighted by atomic mass is 19.3. The zero-order valence-electron chi connectivity index (χ0n) is 20.1. The van der Waals surface area contributed by atoms with Crippen LogP contribution >= 0.6 is 0 Å². The number of urea groups is 1. The molecule has 2 aromatic rings. The lowest BCUT2D eigenvalue weighted by molar-refractivity contribution is -0.209. The number of carbonyl (C=O) groups excluding carboxylic acids is 2. The average molecular weight is 487 g/mol. The molecule has 2 aromatic heterocycles. The highest BCUT2D eigenvalue weighted by Gasteiger charge is 2.61. The van der Waals surface area contributed by atoms with Crippen LogP contribution in [0.25, 0.3) is 5.52 Å². The van der Waals surface area contributed by atoms with Gasteiger partial charge in [0.1, 0.15) is 0 Å². The summed E-state index contributed by atoms with van der Waals surface area (Å²) in [5, 5.41) is 6.75. The predicted octanol–water partition coefficient (Wildman–Crippen LogP) is 3.11. The van der Waals surface area contributed by atoms with Crippen LogP contribution in [0.5, 0.6) is 0 Å². The molecule has 0 unspecified atom stereocenters. The molecule has 0 aromatic carbocycles. The number of imide groups is 1. The molecule has 2 saturated heterocycles. The first-order valence-corrected chi connectivity index (χ1v) is 12.6. The van der Waals surface area contributed by atoms with Crippen LogP contribution in [0, 0.1) is 11.3 Å². The van der Waals surface area contributed by atoms with Gasteiger partial charge >= 0.3 is 6.03 Å². The molecule has 8 nitrogen and oxygen atoms in total. The molecule has 0 bridgehead atoms. The molecule has 1 spiro atoms. The fourth-order valence-electron chi connectivity index (χ4n) is 6.82. The maximum Gasteiger partial charge on any atom is 0.328 e. The number of fused-ring (bicyclic) bond motifs is 1. The highest BCUT2D eigenvalue weighted by Crippen LogP contribution is 2.64. The summed E-state index contributed by atoms with van der Waals surface area (Å²) in [4.78, 5) is 30.4. The van der Waals surface area contributed by atoms with E-state index in [2.05, 4.69) is 39.3 Å². The van der Waals surface area contributed by atoms with Gasteiger partial charge in [0.25, 0.3) is 0 Å². The molecule has 10 heteroatoms. The maximum absolute atomic E-state index is 13.3. The van der Waals surface area contributed by atoms with E-state index >= 15 is 0 Å². The quantitative estimate of drug-likeness (QED) is 0.703. The summed E-state index contributed by atoms with van der Waals surface area (Å²) >= 11 is 0. The summed E-state index contributed by atoms with van der Waals surface area (Å²) in [5.41, 5.74) is 2.66. The van der Waals surface area contributed by atoms with Gasteiger partial charge in [-0.25, -0.2) is 18.1 Å². The van der Waals surface area contributed by atoms with E-state index < -0.39 is 12.0 Å². The third-order valence-electron chi connectivity index (χ3n) is 8.37. The zero-order valence-corrected chi connectivity index (χ0v) is 20.1. The minimum atomic E-state index is -2.41. The number of anilines is 1. The Morgan fingerprint density at radius 3 is 2.69 bits per heavy atom. The lowest BCUT2D eigenvalue weighted by atomic mass is 9.50. The molecule has 3 amide bonds. The minimum Gasteiger partial charge on any atom is -0.298 e. The molecule has 2 aliphatic carbocycles. The second-order valence-corrected chi connectivity index (χ2v) is 11.2. The number of carbonyl (C=O) groups is 2. The fourth-order valence-corrected chi connectivity index (χ4v) is 6.82. The van der Waals surface area contributed by atoms with Crippen molar-refractivity contribution < 1.29 is 18.4 Å². The lowest BCUT2D eigenvalue weighted by Crippen LogP contribution is -2.58. The van der Waals surface area contributed by atoms with Crippen LogP contribution in [0.2, 0.25) is 0 Å². The van der Waals surface area contributed by atoms with Crippen molar-refractivity contribution in [1.29, 1.82) is 0 Å². The Labute approximate surface area is 203 Å². The molecule has 0 radical (unpaired) electrons. The number of nitrogens with zero attached hydrogens (tertiary/aromatic N) is 5. The van der Waals surface area contributed by atoms with Gasteiger partial charge in [0.2, 0.25) is 11.8 Å². The van der Waals surface area contributed by atoms with Crippen molar-refractivity contribution in [1.82, 2.24) is 24.7 Å². The second kappa shape index (κ2) is 8.23. The maximum atomic E-state index is 13.3. The van der Waals surface area contributed by atoms with Gasteiger partial charge in [0, 0.05) is 70.8 Å². The van der Waals surface area contributed by atoms with E-state index in [1.54, 1.807) is 15.6 Å². The fraction of sp³-hybridized carbons (Fsp3) is 0.640. The van der Waals surface area contributed by atoms with Crippen molar-refractivity contribution in [2.24, 2.45) is 11.3 Å². The van der Waals surface area contributed by atoms with Gasteiger partial charge in [0.05, 0.1) is 17.4 Å². The Balaban J connectivity index is 1.05. The number of pyridine rings is 1. The van der Waals surface area contributed by atoms with Gasteiger partial charge in [-0.15, -0.1) is 0 Å². The zero-order chi connectivity index (χ0) is 24.4. The summed E-state index contributed by atoms with van der Waals surface area (Å²) in [7, 11) is 0. The number of rotatable bonds is 5. The van der Waals surface area contributed by atoms with E-state index in [0.717, 1.165) is 56.6 Å². The van der Waals surface area contributed by atoms with Crippen molar-refractivity contribution in [3.63, 3.8) is 0 Å². The van der Waals surface area contributed by atoms with Gasteiger partial charge in [-0.05, 0) is 48.8 Å². The Morgan fingerprint density at radius 1 is 1.17 bits per heavy atom. The lowest BCUT2D eigenvalue weighted by Gasteiger charge is -2.58. The molecule has 1 N–H and O–H groups in total. The van der Waals surface area contributed by atoms with Crippen molar-refractivity contribution in [3.8, 4) is 0 Å². The Bertz CT molecular complexity index is 1150. The third kappa shape index (κ3) is 4.31. The van der Waals surface area contributed by atoms with Crippen LogP contribution in [-0.2, 0) is 11.3 Å². The molecule has 2 aliphatic heterocycles. The summed E-state index contributed by atoms with van der Waals surface area (Å²) in [6.07, 6.45) is 5.99. The van der Waals surface area contributed by atoms with Crippen LogP contribution in [0.15, 0.2) is 24.5 Å². The van der Waals surface area contributed by atoms with E-state index in [9.17, 15) is 18.4 Å². The van der Waals surface area contributed by atoms with Crippen LogP contribution in [-0.4, -0.2) is 76.0 Å². The number of alkyl halides is 2. The van der Waals surface area contributed by atoms with Gasteiger partial charge in [-0.1, -0.05) is 0 Å². The molecular weight excluding hydrogens is 454 g/mol. The largest absolute Gasteiger partial charge is 0.328 e. The van der Waals surface area contributed by atoms with Crippen molar-refractivity contribution in [2.45, 2.75) is 57.5 Å². The van der Waals surface area contributed by atoms with Gasteiger partial charge < -0.3 is 0 Å². The third-order valence-corrected chi connectivity index (χ3v) is 8.37. The molecular formula is C25H32F2N6O2. The van der Waals surface area contributed by atoms with E-state index in [-0.39, 0.29) is 30.6 Å². The minimum absolute atomic E-state index is 0.0468. The number of amides is 3. The van der Waals surface area contributed by atoms with E-state index in [1.807, 2.05) is 6.20 Å².